The topological polar surface area (TPSA) is 97.0 Å². The summed E-state index contributed by atoms with van der Waals surface area (Å²) in [6, 6.07) is 10.4. The Bertz CT molecular complexity index is 1020. The van der Waals surface area contributed by atoms with Crippen molar-refractivity contribution in [2.75, 3.05) is 33.9 Å². The third-order valence-corrected chi connectivity index (χ3v) is 5.16. The molecule has 0 saturated carbocycles. The van der Waals surface area contributed by atoms with E-state index in [1.165, 1.54) is 12.0 Å². The van der Waals surface area contributed by atoms with Gasteiger partial charge in [-0.3, -0.25) is 14.4 Å². The fraction of sp³-hybridized carbons (Fsp3) is 0.292. The standard InChI is InChI=1S/C24H27N3O5/c1-4-5-18-12-19(13-20(31-2)22(18)32-3)23(29)26-14-16-6-8-17(9-7-16)24(30)27-11-10-25-21(28)15-27/h4,6-9,12-13H,1,5,10-11,14-15H2,2-3H3,(H,25,28)(H,26,29). The van der Waals surface area contributed by atoms with Gasteiger partial charge in [-0.05, 0) is 36.2 Å². The van der Waals surface area contributed by atoms with Gasteiger partial charge in [0.1, 0.15) is 0 Å². The first-order valence-electron chi connectivity index (χ1n) is 10.3. The molecule has 3 amide bonds. The molecule has 3 rings (SSSR count). The second-order valence-corrected chi connectivity index (χ2v) is 7.32. The fourth-order valence-electron chi connectivity index (χ4n) is 3.53. The number of methoxy groups -OCH3 is 2. The first-order chi connectivity index (χ1) is 15.5. The molecule has 0 bridgehead atoms. The molecule has 1 fully saturated rings. The van der Waals surface area contributed by atoms with E-state index in [9.17, 15) is 14.4 Å². The number of nitrogens with one attached hydrogen (secondary N) is 2. The van der Waals surface area contributed by atoms with Crippen LogP contribution in [0.3, 0.4) is 0 Å². The van der Waals surface area contributed by atoms with Gasteiger partial charge in [0.05, 0.1) is 20.8 Å². The zero-order valence-corrected chi connectivity index (χ0v) is 18.3. The highest BCUT2D eigenvalue weighted by Crippen LogP contribution is 2.33. The number of allylic oxidation sites excluding steroid dienone is 1. The van der Waals surface area contributed by atoms with Gasteiger partial charge in [-0.25, -0.2) is 0 Å². The van der Waals surface area contributed by atoms with E-state index in [2.05, 4.69) is 17.2 Å². The third-order valence-electron chi connectivity index (χ3n) is 5.16. The van der Waals surface area contributed by atoms with E-state index >= 15 is 0 Å². The summed E-state index contributed by atoms with van der Waals surface area (Å²) in [5.41, 5.74) is 2.61. The van der Waals surface area contributed by atoms with Crippen molar-refractivity contribution in [1.82, 2.24) is 15.5 Å². The minimum Gasteiger partial charge on any atom is -0.493 e. The maximum atomic E-state index is 12.7. The summed E-state index contributed by atoms with van der Waals surface area (Å²) in [5, 5.41) is 5.58. The molecule has 0 aliphatic carbocycles. The van der Waals surface area contributed by atoms with Crippen LogP contribution in [0.4, 0.5) is 0 Å². The number of ether oxygens (including phenoxy) is 2. The summed E-state index contributed by atoms with van der Waals surface area (Å²) in [6.07, 6.45) is 2.27. The highest BCUT2D eigenvalue weighted by molar-refractivity contribution is 5.97. The molecule has 2 N–H and O–H groups in total. The second-order valence-electron chi connectivity index (χ2n) is 7.32. The summed E-state index contributed by atoms with van der Waals surface area (Å²) in [4.78, 5) is 38.3. The molecule has 2 aromatic rings. The van der Waals surface area contributed by atoms with Gasteiger partial charge in [-0.1, -0.05) is 18.2 Å². The van der Waals surface area contributed by atoms with Gasteiger partial charge >= 0.3 is 0 Å². The van der Waals surface area contributed by atoms with Crippen LogP contribution in [0.25, 0.3) is 0 Å². The lowest BCUT2D eigenvalue weighted by molar-refractivity contribution is -0.123. The van der Waals surface area contributed by atoms with Crippen LogP contribution < -0.4 is 20.1 Å². The van der Waals surface area contributed by atoms with Crippen molar-refractivity contribution in [3.05, 3.63) is 71.3 Å². The number of nitrogens with zero attached hydrogens (tertiary/aromatic N) is 1. The Labute approximate surface area is 187 Å². The van der Waals surface area contributed by atoms with E-state index in [1.807, 2.05) is 0 Å². The highest BCUT2D eigenvalue weighted by atomic mass is 16.5. The number of amides is 3. The maximum absolute atomic E-state index is 12.7. The van der Waals surface area contributed by atoms with E-state index in [0.717, 1.165) is 11.1 Å². The van der Waals surface area contributed by atoms with Crippen molar-refractivity contribution in [3.8, 4) is 11.5 Å². The van der Waals surface area contributed by atoms with Crippen LogP contribution in [0, 0.1) is 0 Å². The molecular weight excluding hydrogens is 410 g/mol. The average molecular weight is 437 g/mol. The van der Waals surface area contributed by atoms with Crippen molar-refractivity contribution in [1.29, 1.82) is 0 Å². The number of hydrogen-bond donors (Lipinski definition) is 2. The van der Waals surface area contributed by atoms with Crippen molar-refractivity contribution in [3.63, 3.8) is 0 Å². The summed E-state index contributed by atoms with van der Waals surface area (Å²) in [6.45, 7) is 5.05. The Morgan fingerprint density at radius 1 is 1.16 bits per heavy atom. The first-order valence-corrected chi connectivity index (χ1v) is 10.3. The van der Waals surface area contributed by atoms with E-state index in [-0.39, 0.29) is 24.3 Å². The molecule has 0 unspecified atom stereocenters. The summed E-state index contributed by atoms with van der Waals surface area (Å²) >= 11 is 0. The lowest BCUT2D eigenvalue weighted by atomic mass is 10.0. The van der Waals surface area contributed by atoms with Crippen LogP contribution in [0.1, 0.15) is 31.8 Å². The molecule has 1 aliphatic rings. The molecule has 2 aromatic carbocycles. The predicted molar refractivity (Wildman–Crippen MR) is 120 cm³/mol. The highest BCUT2D eigenvalue weighted by Gasteiger charge is 2.22. The maximum Gasteiger partial charge on any atom is 0.254 e. The minimum absolute atomic E-state index is 0.0653. The van der Waals surface area contributed by atoms with Crippen molar-refractivity contribution >= 4 is 17.7 Å². The number of rotatable bonds is 8. The van der Waals surface area contributed by atoms with Gasteiger partial charge in [0.15, 0.2) is 11.5 Å². The van der Waals surface area contributed by atoms with Crippen LogP contribution in [0.2, 0.25) is 0 Å². The Hall–Kier alpha value is -3.81. The molecule has 32 heavy (non-hydrogen) atoms. The first kappa shape index (κ1) is 22.9. The number of piperazine rings is 1. The van der Waals surface area contributed by atoms with E-state index in [4.69, 9.17) is 9.47 Å². The zero-order valence-electron chi connectivity index (χ0n) is 18.3. The molecule has 0 atom stereocenters. The monoisotopic (exact) mass is 437 g/mol. The van der Waals surface area contributed by atoms with Crippen LogP contribution in [-0.4, -0.2) is 56.5 Å². The fourth-order valence-corrected chi connectivity index (χ4v) is 3.53. The molecule has 8 heteroatoms. The van der Waals surface area contributed by atoms with Crippen molar-refractivity contribution < 1.29 is 23.9 Å². The molecular formula is C24H27N3O5. The second kappa shape index (κ2) is 10.5. The lowest BCUT2D eigenvalue weighted by Gasteiger charge is -2.26. The predicted octanol–water partition coefficient (Wildman–Crippen LogP) is 1.93. The SMILES string of the molecule is C=CCc1cc(C(=O)NCc2ccc(C(=O)N3CCNC(=O)C3)cc2)cc(OC)c1OC. The molecule has 8 nitrogen and oxygen atoms in total. The van der Waals surface area contributed by atoms with Gasteiger partial charge < -0.3 is 25.0 Å². The molecule has 1 aliphatic heterocycles. The number of carbonyl (C=O) groups is 3. The molecule has 1 heterocycles. The van der Waals surface area contributed by atoms with E-state index in [1.54, 1.807) is 49.6 Å². The molecule has 0 spiro atoms. The minimum atomic E-state index is -0.254. The Morgan fingerprint density at radius 3 is 2.53 bits per heavy atom. The van der Waals surface area contributed by atoms with Crippen LogP contribution in [0.5, 0.6) is 11.5 Å². The average Bonchev–Trinajstić information content (AvgIpc) is 2.82. The van der Waals surface area contributed by atoms with E-state index in [0.29, 0.717) is 48.7 Å². The quantitative estimate of drug-likeness (QED) is 0.615. The van der Waals surface area contributed by atoms with E-state index < -0.39 is 0 Å². The summed E-state index contributed by atoms with van der Waals surface area (Å²) < 4.78 is 10.8. The molecule has 1 saturated heterocycles. The van der Waals surface area contributed by atoms with Crippen molar-refractivity contribution in [2.24, 2.45) is 0 Å². The largest absolute Gasteiger partial charge is 0.493 e. The normalized spacial score (nSPS) is 13.2. The number of hydrogen-bond acceptors (Lipinski definition) is 5. The lowest BCUT2D eigenvalue weighted by Crippen LogP contribution is -2.49. The van der Waals surface area contributed by atoms with Gasteiger partial charge in [-0.15, -0.1) is 6.58 Å². The Morgan fingerprint density at radius 2 is 1.91 bits per heavy atom. The van der Waals surface area contributed by atoms with Gasteiger partial charge in [0.2, 0.25) is 5.91 Å². The zero-order chi connectivity index (χ0) is 23.1. The molecule has 0 radical (unpaired) electrons. The summed E-state index contributed by atoms with van der Waals surface area (Å²) in [5.74, 6) is 0.461. The Kier molecular flexibility index (Phi) is 7.49. The molecule has 0 aromatic heterocycles. The number of benzene rings is 2. The third kappa shape index (κ3) is 5.26. The van der Waals surface area contributed by atoms with Crippen LogP contribution in [0.15, 0.2) is 49.1 Å². The van der Waals surface area contributed by atoms with Crippen molar-refractivity contribution in [2.45, 2.75) is 13.0 Å². The van der Waals surface area contributed by atoms with Crippen LogP contribution >= 0.6 is 0 Å². The van der Waals surface area contributed by atoms with Gasteiger partial charge in [0.25, 0.3) is 11.8 Å². The van der Waals surface area contributed by atoms with Crippen LogP contribution in [-0.2, 0) is 17.8 Å². The van der Waals surface area contributed by atoms with Gasteiger partial charge in [0, 0.05) is 36.3 Å². The smallest absolute Gasteiger partial charge is 0.254 e. The number of carbonyl (C=O) groups excluding carboxylic acids is 3. The van der Waals surface area contributed by atoms with Gasteiger partial charge in [-0.2, -0.15) is 0 Å². The Balaban J connectivity index is 1.66. The summed E-state index contributed by atoms with van der Waals surface area (Å²) in [7, 11) is 3.08. The molecule has 168 valence electrons.